The lowest BCUT2D eigenvalue weighted by molar-refractivity contribution is -0.169. The van der Waals surface area contributed by atoms with Gasteiger partial charge in [0.1, 0.15) is 0 Å². The van der Waals surface area contributed by atoms with Crippen molar-refractivity contribution >= 4 is 12.3 Å². The predicted octanol–water partition coefficient (Wildman–Crippen LogP) is 2.96. The van der Waals surface area contributed by atoms with Gasteiger partial charge in [0.05, 0.1) is 0 Å². The Bertz CT molecular complexity index is 714. The Hall–Kier alpha value is -3.02. The summed E-state index contributed by atoms with van der Waals surface area (Å²) in [6.45, 7) is -0.249. The maximum absolute atomic E-state index is 12.0. The summed E-state index contributed by atoms with van der Waals surface area (Å²) >= 11 is 0. The minimum Gasteiger partial charge on any atom is -0.426 e. The van der Waals surface area contributed by atoms with E-state index in [0.717, 1.165) is 0 Å². The zero-order valence-electron chi connectivity index (χ0n) is 11.9. The Labute approximate surface area is 131 Å². The van der Waals surface area contributed by atoms with E-state index in [4.69, 9.17) is 18.9 Å². The lowest BCUT2D eigenvalue weighted by atomic mass is 9.79. The van der Waals surface area contributed by atoms with Crippen molar-refractivity contribution < 1.29 is 28.5 Å². The van der Waals surface area contributed by atoms with Gasteiger partial charge in [-0.15, -0.1) is 0 Å². The molecule has 2 aromatic rings. The molecule has 6 heteroatoms. The maximum Gasteiger partial charge on any atom is 0.513 e. The van der Waals surface area contributed by atoms with Crippen LogP contribution in [0.25, 0.3) is 0 Å². The molecular formula is C17H12O6. The SMILES string of the molecule is O=C1OCC2(O1)OC(=O)OC2(c1ccccc1)c1ccccc1. The summed E-state index contributed by atoms with van der Waals surface area (Å²) in [4.78, 5) is 23.6. The molecule has 0 amide bonds. The predicted molar refractivity (Wildman–Crippen MR) is 76.4 cm³/mol. The quantitative estimate of drug-likeness (QED) is 0.794. The van der Waals surface area contributed by atoms with Crippen LogP contribution in [-0.4, -0.2) is 24.7 Å². The zero-order valence-corrected chi connectivity index (χ0v) is 11.9. The average molecular weight is 312 g/mol. The summed E-state index contributed by atoms with van der Waals surface area (Å²) in [5.74, 6) is -1.69. The molecule has 0 aromatic heterocycles. The van der Waals surface area contributed by atoms with Gasteiger partial charge in [0.25, 0.3) is 0 Å². The van der Waals surface area contributed by atoms with Crippen molar-refractivity contribution in [3.05, 3.63) is 71.8 Å². The van der Waals surface area contributed by atoms with Crippen LogP contribution in [0, 0.1) is 0 Å². The van der Waals surface area contributed by atoms with Gasteiger partial charge in [0.15, 0.2) is 6.61 Å². The van der Waals surface area contributed by atoms with Crippen LogP contribution >= 0.6 is 0 Å². The van der Waals surface area contributed by atoms with Crippen molar-refractivity contribution in [2.24, 2.45) is 0 Å². The van der Waals surface area contributed by atoms with E-state index in [1.807, 2.05) is 12.1 Å². The summed E-state index contributed by atoms with van der Waals surface area (Å²) in [6, 6.07) is 18.0. The lowest BCUT2D eigenvalue weighted by Gasteiger charge is -2.35. The van der Waals surface area contributed by atoms with Gasteiger partial charge >= 0.3 is 18.1 Å². The molecule has 2 aliphatic heterocycles. The van der Waals surface area contributed by atoms with Crippen molar-refractivity contribution in [1.29, 1.82) is 0 Å². The number of hydrogen-bond acceptors (Lipinski definition) is 6. The Balaban J connectivity index is 1.99. The lowest BCUT2D eigenvalue weighted by Crippen LogP contribution is -2.52. The summed E-state index contributed by atoms with van der Waals surface area (Å²) in [5.41, 5.74) is -0.190. The van der Waals surface area contributed by atoms with Gasteiger partial charge in [-0.3, -0.25) is 0 Å². The molecule has 0 radical (unpaired) electrons. The van der Waals surface area contributed by atoms with E-state index in [9.17, 15) is 9.59 Å². The molecule has 0 bridgehead atoms. The van der Waals surface area contributed by atoms with Crippen LogP contribution in [0.5, 0.6) is 0 Å². The molecule has 1 atom stereocenters. The van der Waals surface area contributed by atoms with Crippen LogP contribution in [0.4, 0.5) is 9.59 Å². The van der Waals surface area contributed by atoms with Gasteiger partial charge in [0.2, 0.25) is 5.60 Å². The summed E-state index contributed by atoms with van der Waals surface area (Å²) < 4.78 is 21.1. The molecule has 2 aliphatic rings. The molecule has 4 rings (SSSR count). The molecule has 1 spiro atoms. The molecule has 6 nitrogen and oxygen atoms in total. The van der Waals surface area contributed by atoms with E-state index < -0.39 is 23.7 Å². The largest absolute Gasteiger partial charge is 0.513 e. The van der Waals surface area contributed by atoms with E-state index in [2.05, 4.69) is 0 Å². The molecule has 2 aromatic carbocycles. The molecule has 23 heavy (non-hydrogen) atoms. The zero-order chi connectivity index (χ0) is 15.9. The second-order valence-electron chi connectivity index (χ2n) is 5.26. The first kappa shape index (κ1) is 13.6. The van der Waals surface area contributed by atoms with Crippen LogP contribution in [0.15, 0.2) is 60.7 Å². The summed E-state index contributed by atoms with van der Waals surface area (Å²) in [5, 5.41) is 0. The standard InChI is InChI=1S/C17H12O6/c18-14-20-11-16(21-14)17(23-15(19)22-16,12-7-3-1-4-8-12)13-9-5-2-6-10-13/h1-10H,11H2. The normalized spacial score (nSPS) is 24.7. The Morgan fingerprint density at radius 1 is 0.696 bits per heavy atom. The minimum atomic E-state index is -1.69. The Kier molecular flexibility index (Phi) is 2.81. The number of cyclic esters (lactones) is 2. The highest BCUT2D eigenvalue weighted by Gasteiger charge is 2.71. The third-order valence-electron chi connectivity index (χ3n) is 4.01. The van der Waals surface area contributed by atoms with Crippen LogP contribution in [0.2, 0.25) is 0 Å². The summed E-state index contributed by atoms with van der Waals surface area (Å²) in [7, 11) is 0. The van der Waals surface area contributed by atoms with Crippen LogP contribution in [-0.2, 0) is 24.5 Å². The molecule has 116 valence electrons. The Morgan fingerprint density at radius 3 is 1.70 bits per heavy atom. The van der Waals surface area contributed by atoms with E-state index in [1.165, 1.54) is 0 Å². The summed E-state index contributed by atoms with van der Waals surface area (Å²) in [6.07, 6.45) is -1.82. The molecule has 0 saturated carbocycles. The molecular weight excluding hydrogens is 300 g/mol. The fraction of sp³-hybridized carbons (Fsp3) is 0.176. The van der Waals surface area contributed by atoms with Crippen molar-refractivity contribution in [1.82, 2.24) is 0 Å². The van der Waals surface area contributed by atoms with Crippen LogP contribution in [0.3, 0.4) is 0 Å². The number of rotatable bonds is 2. The molecule has 0 N–H and O–H groups in total. The van der Waals surface area contributed by atoms with Crippen molar-refractivity contribution in [2.45, 2.75) is 11.4 Å². The smallest absolute Gasteiger partial charge is 0.426 e. The van der Waals surface area contributed by atoms with Gasteiger partial charge in [-0.1, -0.05) is 60.7 Å². The second kappa shape index (κ2) is 4.74. The first-order valence-corrected chi connectivity index (χ1v) is 7.05. The monoisotopic (exact) mass is 312 g/mol. The van der Waals surface area contributed by atoms with Crippen LogP contribution < -0.4 is 0 Å². The molecule has 2 fully saturated rings. The van der Waals surface area contributed by atoms with Gasteiger partial charge < -0.3 is 18.9 Å². The van der Waals surface area contributed by atoms with Crippen molar-refractivity contribution in [3.8, 4) is 0 Å². The highest BCUT2D eigenvalue weighted by Crippen LogP contribution is 2.52. The number of carbonyl (C=O) groups is 2. The molecule has 0 aliphatic carbocycles. The number of ether oxygens (including phenoxy) is 4. The van der Waals surface area contributed by atoms with E-state index in [-0.39, 0.29) is 6.61 Å². The maximum atomic E-state index is 12.0. The van der Waals surface area contributed by atoms with Crippen molar-refractivity contribution in [2.75, 3.05) is 6.61 Å². The highest BCUT2D eigenvalue weighted by atomic mass is 16.9. The van der Waals surface area contributed by atoms with Gasteiger partial charge in [-0.25, -0.2) is 9.59 Å². The minimum absolute atomic E-state index is 0.249. The molecule has 1 unspecified atom stereocenters. The third kappa shape index (κ3) is 1.81. The van der Waals surface area contributed by atoms with E-state index in [0.29, 0.717) is 11.1 Å². The first-order valence-electron chi connectivity index (χ1n) is 7.05. The number of hydrogen-bond donors (Lipinski definition) is 0. The van der Waals surface area contributed by atoms with Gasteiger partial charge in [-0.05, 0) is 0 Å². The van der Waals surface area contributed by atoms with Crippen LogP contribution in [0.1, 0.15) is 11.1 Å². The average Bonchev–Trinajstić information content (AvgIpc) is 3.09. The number of benzene rings is 2. The van der Waals surface area contributed by atoms with Gasteiger partial charge in [-0.2, -0.15) is 0 Å². The van der Waals surface area contributed by atoms with E-state index in [1.54, 1.807) is 48.5 Å². The highest BCUT2D eigenvalue weighted by molar-refractivity contribution is 5.71. The molecule has 2 heterocycles. The van der Waals surface area contributed by atoms with Crippen molar-refractivity contribution in [3.63, 3.8) is 0 Å². The van der Waals surface area contributed by atoms with Gasteiger partial charge in [0, 0.05) is 11.1 Å². The topological polar surface area (TPSA) is 71.1 Å². The Morgan fingerprint density at radius 2 is 1.22 bits per heavy atom. The molecule has 2 saturated heterocycles. The fourth-order valence-corrected chi connectivity index (χ4v) is 3.07. The second-order valence-corrected chi connectivity index (χ2v) is 5.26. The van der Waals surface area contributed by atoms with E-state index >= 15 is 0 Å². The fourth-order valence-electron chi connectivity index (χ4n) is 3.07. The first-order chi connectivity index (χ1) is 11.2. The third-order valence-corrected chi connectivity index (χ3v) is 4.01. The number of carbonyl (C=O) groups excluding carboxylic acids is 2.